The van der Waals surface area contributed by atoms with Gasteiger partial charge in [-0.2, -0.15) is 0 Å². The SMILES string of the molecule is NCCCCN(Cc1ccccc1)CC(O)c1ccc(OCc2ccccc2)c(NC=O)c1. The van der Waals surface area contributed by atoms with Crippen molar-refractivity contribution in [2.45, 2.75) is 32.1 Å². The molecule has 3 aromatic rings. The summed E-state index contributed by atoms with van der Waals surface area (Å²) in [7, 11) is 0. The van der Waals surface area contributed by atoms with E-state index in [1.807, 2.05) is 54.6 Å². The molecule has 0 saturated carbocycles. The molecule has 3 rings (SSSR count). The second-order valence-corrected chi connectivity index (χ2v) is 8.02. The van der Waals surface area contributed by atoms with Crippen molar-refractivity contribution in [2.75, 3.05) is 25.0 Å². The molecule has 0 fully saturated rings. The van der Waals surface area contributed by atoms with Crippen LogP contribution in [-0.4, -0.2) is 36.1 Å². The number of carbonyl (C=O) groups excluding carboxylic acids is 1. The third-order valence-electron chi connectivity index (χ3n) is 5.45. The number of ether oxygens (including phenoxy) is 1. The zero-order valence-corrected chi connectivity index (χ0v) is 18.9. The molecule has 6 nitrogen and oxygen atoms in total. The van der Waals surface area contributed by atoms with Crippen molar-refractivity contribution in [1.29, 1.82) is 0 Å². The van der Waals surface area contributed by atoms with Crippen molar-refractivity contribution in [3.05, 3.63) is 95.6 Å². The molecule has 1 unspecified atom stereocenters. The molecule has 6 heteroatoms. The number of hydrogen-bond acceptors (Lipinski definition) is 5. The van der Waals surface area contributed by atoms with Crippen molar-refractivity contribution in [2.24, 2.45) is 5.73 Å². The first-order chi connectivity index (χ1) is 16.2. The smallest absolute Gasteiger partial charge is 0.211 e. The molecule has 0 aliphatic rings. The van der Waals surface area contributed by atoms with E-state index >= 15 is 0 Å². The van der Waals surface area contributed by atoms with Crippen LogP contribution in [0.1, 0.15) is 35.6 Å². The van der Waals surface area contributed by atoms with Gasteiger partial charge in [0.1, 0.15) is 12.4 Å². The first-order valence-corrected chi connectivity index (χ1v) is 11.3. The van der Waals surface area contributed by atoms with E-state index in [4.69, 9.17) is 10.5 Å². The van der Waals surface area contributed by atoms with Crippen LogP contribution < -0.4 is 15.8 Å². The minimum Gasteiger partial charge on any atom is -0.487 e. The third kappa shape index (κ3) is 8.02. The third-order valence-corrected chi connectivity index (χ3v) is 5.45. The van der Waals surface area contributed by atoms with Crippen LogP contribution in [0.2, 0.25) is 0 Å². The highest BCUT2D eigenvalue weighted by atomic mass is 16.5. The fraction of sp³-hybridized carbons (Fsp3) is 0.296. The van der Waals surface area contributed by atoms with Gasteiger partial charge in [0.25, 0.3) is 0 Å². The number of amides is 1. The summed E-state index contributed by atoms with van der Waals surface area (Å²) >= 11 is 0. The highest BCUT2D eigenvalue weighted by Crippen LogP contribution is 2.29. The second-order valence-electron chi connectivity index (χ2n) is 8.02. The molecule has 1 atom stereocenters. The van der Waals surface area contributed by atoms with Gasteiger partial charge in [-0.1, -0.05) is 66.7 Å². The number of nitrogens with one attached hydrogen (secondary N) is 1. The summed E-state index contributed by atoms with van der Waals surface area (Å²) in [5.74, 6) is 0.561. The maximum Gasteiger partial charge on any atom is 0.211 e. The first kappa shape index (κ1) is 24.5. The van der Waals surface area contributed by atoms with Crippen LogP contribution in [0.15, 0.2) is 78.9 Å². The van der Waals surface area contributed by atoms with E-state index in [-0.39, 0.29) is 0 Å². The predicted molar refractivity (Wildman–Crippen MR) is 132 cm³/mol. The van der Waals surface area contributed by atoms with E-state index in [9.17, 15) is 9.90 Å². The molecule has 0 aliphatic heterocycles. The molecule has 174 valence electrons. The van der Waals surface area contributed by atoms with Crippen LogP contribution in [0.3, 0.4) is 0 Å². The van der Waals surface area contributed by atoms with Crippen molar-refractivity contribution in [3.8, 4) is 5.75 Å². The van der Waals surface area contributed by atoms with Crippen molar-refractivity contribution >= 4 is 12.1 Å². The lowest BCUT2D eigenvalue weighted by Crippen LogP contribution is -2.29. The molecule has 0 aromatic heterocycles. The summed E-state index contributed by atoms with van der Waals surface area (Å²) in [5, 5.41) is 13.7. The Labute approximate surface area is 196 Å². The Morgan fingerprint density at radius 2 is 1.67 bits per heavy atom. The summed E-state index contributed by atoms with van der Waals surface area (Å²) < 4.78 is 5.91. The van der Waals surface area contributed by atoms with E-state index in [0.29, 0.717) is 37.5 Å². The van der Waals surface area contributed by atoms with Crippen LogP contribution in [0.4, 0.5) is 5.69 Å². The van der Waals surface area contributed by atoms with E-state index in [2.05, 4.69) is 22.3 Å². The molecule has 0 aliphatic carbocycles. The van der Waals surface area contributed by atoms with Crippen LogP contribution >= 0.6 is 0 Å². The largest absolute Gasteiger partial charge is 0.487 e. The van der Waals surface area contributed by atoms with Gasteiger partial charge in [0.15, 0.2) is 0 Å². The molecule has 4 N–H and O–H groups in total. The minimum atomic E-state index is -0.707. The molecular weight excluding hydrogens is 414 g/mol. The summed E-state index contributed by atoms with van der Waals surface area (Å²) in [6.45, 7) is 3.13. The Bertz CT molecular complexity index is 967. The average molecular weight is 448 g/mol. The fourth-order valence-electron chi connectivity index (χ4n) is 3.70. The standard InChI is InChI=1S/C27H33N3O3/c28-15-7-8-16-30(18-22-9-3-1-4-10-22)19-26(32)24-13-14-27(25(17-24)29-21-31)33-20-23-11-5-2-6-12-23/h1-6,9-14,17,21,26,32H,7-8,15-16,18-20,28H2,(H,29,31). The Morgan fingerprint density at radius 3 is 2.33 bits per heavy atom. The highest BCUT2D eigenvalue weighted by molar-refractivity contribution is 5.75. The Morgan fingerprint density at radius 1 is 0.970 bits per heavy atom. The van der Waals surface area contributed by atoms with Crippen molar-refractivity contribution < 1.29 is 14.6 Å². The lowest BCUT2D eigenvalue weighted by Gasteiger charge is -2.26. The second kappa shape index (κ2) is 13.4. The van der Waals surface area contributed by atoms with Gasteiger partial charge in [-0.25, -0.2) is 0 Å². The molecule has 0 heterocycles. The Kier molecular flexibility index (Phi) is 9.91. The van der Waals surface area contributed by atoms with Gasteiger partial charge >= 0.3 is 0 Å². The highest BCUT2D eigenvalue weighted by Gasteiger charge is 2.16. The number of hydrogen-bond donors (Lipinski definition) is 3. The van der Waals surface area contributed by atoms with Gasteiger partial charge in [-0.15, -0.1) is 0 Å². The van der Waals surface area contributed by atoms with Gasteiger partial charge < -0.3 is 20.9 Å². The molecule has 0 bridgehead atoms. The number of aliphatic hydroxyl groups excluding tert-OH is 1. The minimum absolute atomic E-state index is 0.391. The number of rotatable bonds is 14. The van der Waals surface area contributed by atoms with Crippen LogP contribution in [0.5, 0.6) is 5.75 Å². The first-order valence-electron chi connectivity index (χ1n) is 11.3. The normalized spacial score (nSPS) is 11.8. The zero-order chi connectivity index (χ0) is 23.3. The average Bonchev–Trinajstić information content (AvgIpc) is 2.85. The molecule has 33 heavy (non-hydrogen) atoms. The van der Waals surface area contributed by atoms with Gasteiger partial charge in [0.05, 0.1) is 11.8 Å². The number of aliphatic hydroxyl groups is 1. The van der Waals surface area contributed by atoms with E-state index < -0.39 is 6.10 Å². The fourth-order valence-corrected chi connectivity index (χ4v) is 3.70. The van der Waals surface area contributed by atoms with Gasteiger partial charge in [0, 0.05) is 13.1 Å². The predicted octanol–water partition coefficient (Wildman–Crippen LogP) is 4.11. The Balaban J connectivity index is 1.69. The molecule has 0 spiro atoms. The number of nitrogens with two attached hydrogens (primary N) is 1. The molecular formula is C27H33N3O3. The summed E-state index contributed by atoms with van der Waals surface area (Å²) in [5.41, 5.74) is 9.16. The van der Waals surface area contributed by atoms with Gasteiger partial charge in [-0.3, -0.25) is 9.69 Å². The Hall–Kier alpha value is -3.19. The molecule has 0 radical (unpaired) electrons. The number of anilines is 1. The van der Waals surface area contributed by atoms with Crippen LogP contribution in [0, 0.1) is 0 Å². The van der Waals surface area contributed by atoms with Crippen LogP contribution in [-0.2, 0) is 17.9 Å². The summed E-state index contributed by atoms with van der Waals surface area (Å²) in [6.07, 6.45) is 1.83. The molecule has 3 aromatic carbocycles. The monoisotopic (exact) mass is 447 g/mol. The zero-order valence-electron chi connectivity index (χ0n) is 18.9. The number of benzene rings is 3. The number of carbonyl (C=O) groups is 1. The quantitative estimate of drug-likeness (QED) is 0.256. The number of nitrogens with zero attached hydrogens (tertiary/aromatic N) is 1. The topological polar surface area (TPSA) is 87.8 Å². The van der Waals surface area contributed by atoms with Gasteiger partial charge in [-0.05, 0) is 54.8 Å². The summed E-state index contributed by atoms with van der Waals surface area (Å²) in [4.78, 5) is 13.4. The number of unbranched alkanes of at least 4 members (excludes halogenated alkanes) is 1. The molecule has 1 amide bonds. The van der Waals surface area contributed by atoms with Crippen molar-refractivity contribution in [1.82, 2.24) is 4.90 Å². The van der Waals surface area contributed by atoms with E-state index in [1.54, 1.807) is 12.1 Å². The van der Waals surface area contributed by atoms with Crippen molar-refractivity contribution in [3.63, 3.8) is 0 Å². The lowest BCUT2D eigenvalue weighted by atomic mass is 10.1. The van der Waals surface area contributed by atoms with E-state index in [1.165, 1.54) is 5.56 Å². The van der Waals surface area contributed by atoms with Crippen LogP contribution in [0.25, 0.3) is 0 Å². The van der Waals surface area contributed by atoms with Gasteiger partial charge in [0.2, 0.25) is 6.41 Å². The maximum atomic E-state index is 11.2. The molecule has 0 saturated heterocycles. The lowest BCUT2D eigenvalue weighted by molar-refractivity contribution is -0.105. The maximum absolute atomic E-state index is 11.2. The summed E-state index contributed by atoms with van der Waals surface area (Å²) in [6, 6.07) is 25.5. The van der Waals surface area contributed by atoms with E-state index in [0.717, 1.165) is 37.1 Å².